The fraction of sp³-hybridized carbons (Fsp3) is 0.769. The Morgan fingerprint density at radius 1 is 1.44 bits per heavy atom. The lowest BCUT2D eigenvalue weighted by molar-refractivity contribution is 0.521. The monoisotopic (exact) mass is 223 g/mol. The van der Waals surface area contributed by atoms with E-state index in [1.807, 2.05) is 11.7 Å². The number of aromatic nitrogens is 2. The highest BCUT2D eigenvalue weighted by atomic mass is 15.3. The summed E-state index contributed by atoms with van der Waals surface area (Å²) in [6, 6.07) is 2.19. The Kier molecular flexibility index (Phi) is 5.53. The van der Waals surface area contributed by atoms with Crippen LogP contribution in [-0.4, -0.2) is 16.3 Å². The van der Waals surface area contributed by atoms with Gasteiger partial charge in [0.2, 0.25) is 0 Å². The van der Waals surface area contributed by atoms with E-state index < -0.39 is 0 Å². The molecule has 1 heterocycles. The molecule has 0 spiro atoms. The van der Waals surface area contributed by atoms with E-state index in [0.29, 0.717) is 0 Å². The molecule has 0 aliphatic carbocycles. The molecule has 16 heavy (non-hydrogen) atoms. The molecule has 1 aromatic rings. The third kappa shape index (κ3) is 4.35. The van der Waals surface area contributed by atoms with E-state index in [2.05, 4.69) is 37.3 Å². The molecule has 0 saturated carbocycles. The lowest BCUT2D eigenvalue weighted by Crippen LogP contribution is -2.17. The van der Waals surface area contributed by atoms with Crippen LogP contribution in [0.4, 0.5) is 0 Å². The molecule has 3 nitrogen and oxygen atoms in total. The summed E-state index contributed by atoms with van der Waals surface area (Å²) in [5.74, 6) is 0.810. The van der Waals surface area contributed by atoms with Crippen molar-refractivity contribution in [3.05, 3.63) is 17.5 Å². The molecule has 1 rings (SSSR count). The van der Waals surface area contributed by atoms with Gasteiger partial charge in [-0.3, -0.25) is 4.68 Å². The molecule has 92 valence electrons. The van der Waals surface area contributed by atoms with Crippen LogP contribution in [0.3, 0.4) is 0 Å². The highest BCUT2D eigenvalue weighted by Crippen LogP contribution is 2.04. The zero-order valence-electron chi connectivity index (χ0n) is 11.1. The molecule has 0 aliphatic rings. The van der Waals surface area contributed by atoms with Gasteiger partial charge in [0.25, 0.3) is 0 Å². The molecule has 0 saturated heterocycles. The van der Waals surface area contributed by atoms with Crippen LogP contribution in [0, 0.1) is 5.92 Å². The lowest BCUT2D eigenvalue weighted by atomic mass is 10.1. The maximum absolute atomic E-state index is 4.43. The van der Waals surface area contributed by atoms with Gasteiger partial charge < -0.3 is 5.32 Å². The van der Waals surface area contributed by atoms with Crippen LogP contribution < -0.4 is 5.32 Å². The number of aryl methyl sites for hydroxylation is 2. The van der Waals surface area contributed by atoms with E-state index in [1.54, 1.807) is 0 Å². The molecule has 0 amide bonds. The first kappa shape index (κ1) is 13.2. The van der Waals surface area contributed by atoms with Gasteiger partial charge in [0, 0.05) is 13.6 Å². The third-order valence-corrected chi connectivity index (χ3v) is 2.83. The van der Waals surface area contributed by atoms with Crippen LogP contribution in [-0.2, 0) is 20.0 Å². The highest BCUT2D eigenvalue weighted by molar-refractivity contribution is 5.09. The van der Waals surface area contributed by atoms with Crippen LogP contribution >= 0.6 is 0 Å². The summed E-state index contributed by atoms with van der Waals surface area (Å²) in [7, 11) is 2.02. The van der Waals surface area contributed by atoms with Gasteiger partial charge in [-0.25, -0.2) is 0 Å². The van der Waals surface area contributed by atoms with Gasteiger partial charge in [-0.05, 0) is 37.8 Å². The van der Waals surface area contributed by atoms with E-state index in [1.165, 1.54) is 24.2 Å². The van der Waals surface area contributed by atoms with Crippen molar-refractivity contribution in [1.29, 1.82) is 0 Å². The summed E-state index contributed by atoms with van der Waals surface area (Å²) in [6.07, 6.45) is 3.58. The normalized spacial score (nSPS) is 11.3. The summed E-state index contributed by atoms with van der Waals surface area (Å²) in [5.41, 5.74) is 2.46. The van der Waals surface area contributed by atoms with Gasteiger partial charge in [-0.2, -0.15) is 5.10 Å². The van der Waals surface area contributed by atoms with Crippen molar-refractivity contribution in [2.24, 2.45) is 13.0 Å². The molecule has 1 N–H and O–H groups in total. The summed E-state index contributed by atoms with van der Waals surface area (Å²) >= 11 is 0. The first-order valence-electron chi connectivity index (χ1n) is 6.36. The van der Waals surface area contributed by atoms with Gasteiger partial charge in [0.05, 0.1) is 11.4 Å². The summed E-state index contributed by atoms with van der Waals surface area (Å²) < 4.78 is 1.98. The average Bonchev–Trinajstić information content (AvgIpc) is 2.59. The molecule has 0 fully saturated rings. The Bertz CT molecular complexity index is 302. The minimum Gasteiger partial charge on any atom is -0.311 e. The van der Waals surface area contributed by atoms with Crippen molar-refractivity contribution in [2.45, 2.75) is 46.6 Å². The molecule has 0 aromatic carbocycles. The fourth-order valence-corrected chi connectivity index (χ4v) is 1.76. The molecule has 0 aliphatic heterocycles. The Morgan fingerprint density at radius 2 is 2.19 bits per heavy atom. The first-order valence-corrected chi connectivity index (χ1v) is 6.36. The minimum absolute atomic E-state index is 0.810. The van der Waals surface area contributed by atoms with Crippen LogP contribution in [0.5, 0.6) is 0 Å². The van der Waals surface area contributed by atoms with Crippen molar-refractivity contribution < 1.29 is 0 Å². The first-order chi connectivity index (χ1) is 7.63. The molecular weight excluding hydrogens is 198 g/mol. The number of nitrogens with one attached hydrogen (secondary N) is 1. The number of hydrogen-bond donors (Lipinski definition) is 1. The van der Waals surface area contributed by atoms with Gasteiger partial charge in [-0.15, -0.1) is 0 Å². The Balaban J connectivity index is 2.23. The topological polar surface area (TPSA) is 29.9 Å². The van der Waals surface area contributed by atoms with Gasteiger partial charge in [0.15, 0.2) is 0 Å². The summed E-state index contributed by atoms with van der Waals surface area (Å²) in [5, 5.41) is 7.91. The smallest absolute Gasteiger partial charge is 0.0625 e. The van der Waals surface area contributed by atoms with Crippen LogP contribution in [0.2, 0.25) is 0 Å². The van der Waals surface area contributed by atoms with Gasteiger partial charge in [-0.1, -0.05) is 20.8 Å². The zero-order chi connectivity index (χ0) is 12.0. The molecule has 0 radical (unpaired) electrons. The second-order valence-corrected chi connectivity index (χ2v) is 4.82. The van der Waals surface area contributed by atoms with E-state index in [4.69, 9.17) is 0 Å². The largest absolute Gasteiger partial charge is 0.311 e. The number of rotatable bonds is 7. The second-order valence-electron chi connectivity index (χ2n) is 4.82. The summed E-state index contributed by atoms with van der Waals surface area (Å²) in [6.45, 7) is 8.72. The number of nitrogens with zero attached hydrogens (tertiary/aromatic N) is 2. The predicted molar refractivity (Wildman–Crippen MR) is 68.4 cm³/mol. The number of hydrogen-bond acceptors (Lipinski definition) is 2. The SMILES string of the molecule is CCc1cc(CNCCCC(C)C)n(C)n1. The van der Waals surface area contributed by atoms with E-state index >= 15 is 0 Å². The maximum Gasteiger partial charge on any atom is 0.0625 e. The quantitative estimate of drug-likeness (QED) is 0.720. The molecular formula is C13H25N3. The van der Waals surface area contributed by atoms with E-state index in [9.17, 15) is 0 Å². The molecule has 3 heteroatoms. The van der Waals surface area contributed by atoms with Crippen LogP contribution in [0.25, 0.3) is 0 Å². The van der Waals surface area contributed by atoms with Crippen molar-refractivity contribution in [2.75, 3.05) is 6.54 Å². The lowest BCUT2D eigenvalue weighted by Gasteiger charge is -2.06. The van der Waals surface area contributed by atoms with Crippen LogP contribution in [0.15, 0.2) is 6.07 Å². The Hall–Kier alpha value is -0.830. The average molecular weight is 223 g/mol. The van der Waals surface area contributed by atoms with Gasteiger partial charge in [0.1, 0.15) is 0 Å². The molecule has 0 atom stereocenters. The van der Waals surface area contributed by atoms with Crippen molar-refractivity contribution >= 4 is 0 Å². The molecule has 0 bridgehead atoms. The fourth-order valence-electron chi connectivity index (χ4n) is 1.76. The van der Waals surface area contributed by atoms with Gasteiger partial charge >= 0.3 is 0 Å². The maximum atomic E-state index is 4.43. The van der Waals surface area contributed by atoms with Crippen LogP contribution in [0.1, 0.15) is 45.0 Å². The molecule has 0 unspecified atom stereocenters. The third-order valence-electron chi connectivity index (χ3n) is 2.83. The second kappa shape index (κ2) is 6.69. The Morgan fingerprint density at radius 3 is 2.75 bits per heavy atom. The van der Waals surface area contributed by atoms with Crippen molar-refractivity contribution in [3.8, 4) is 0 Å². The zero-order valence-corrected chi connectivity index (χ0v) is 11.1. The van der Waals surface area contributed by atoms with Crippen molar-refractivity contribution in [3.63, 3.8) is 0 Å². The highest BCUT2D eigenvalue weighted by Gasteiger charge is 2.02. The van der Waals surface area contributed by atoms with E-state index in [-0.39, 0.29) is 0 Å². The predicted octanol–water partition coefficient (Wildman–Crippen LogP) is 2.51. The van der Waals surface area contributed by atoms with E-state index in [0.717, 1.165) is 25.4 Å². The van der Waals surface area contributed by atoms with Crippen molar-refractivity contribution in [1.82, 2.24) is 15.1 Å². The molecule has 1 aromatic heterocycles. The standard InChI is InChI=1S/C13H25N3/c1-5-12-9-13(16(4)15-12)10-14-8-6-7-11(2)3/h9,11,14H,5-8,10H2,1-4H3. The summed E-state index contributed by atoms with van der Waals surface area (Å²) in [4.78, 5) is 0. The Labute approximate surface area is 99.2 Å². The minimum atomic E-state index is 0.810.